The minimum Gasteiger partial charge on any atom is -0.349 e. The number of amides is 1. The molecule has 0 atom stereocenters. The van der Waals surface area contributed by atoms with E-state index in [1.54, 1.807) is 0 Å². The lowest BCUT2D eigenvalue weighted by atomic mass is 9.71. The van der Waals surface area contributed by atoms with Crippen LogP contribution in [0.3, 0.4) is 0 Å². The highest BCUT2D eigenvalue weighted by Gasteiger charge is 2.30. The first-order valence-corrected chi connectivity index (χ1v) is 8.85. The van der Waals surface area contributed by atoms with Crippen molar-refractivity contribution in [3.05, 3.63) is 11.1 Å². The second-order valence-electron chi connectivity index (χ2n) is 8.04. The molecule has 1 amide bonds. The van der Waals surface area contributed by atoms with Gasteiger partial charge in [0.15, 0.2) is 0 Å². The second kappa shape index (κ2) is 7.31. The van der Waals surface area contributed by atoms with Gasteiger partial charge in [-0.15, -0.1) is 0 Å². The highest BCUT2D eigenvalue weighted by Crippen LogP contribution is 2.40. The zero-order valence-corrected chi connectivity index (χ0v) is 14.4. The molecule has 3 nitrogen and oxygen atoms in total. The number of carbonyl (C=O) groups excluding carboxylic acids is 1. The average molecular weight is 302 g/mol. The Bertz CT molecular complexity index is 463. The van der Waals surface area contributed by atoms with Crippen molar-refractivity contribution in [2.24, 2.45) is 11.3 Å². The van der Waals surface area contributed by atoms with Gasteiger partial charge in [-0.2, -0.15) is 5.26 Å². The third-order valence-corrected chi connectivity index (χ3v) is 5.45. The SMILES string of the molecule is CC(C)(C)C1CCC(=C(C#N)C(=O)NC2CCCCC2)CC1. The van der Waals surface area contributed by atoms with Crippen molar-refractivity contribution >= 4 is 5.91 Å². The summed E-state index contributed by atoms with van der Waals surface area (Å²) in [5.74, 6) is 0.566. The lowest BCUT2D eigenvalue weighted by Gasteiger charge is -2.35. The summed E-state index contributed by atoms with van der Waals surface area (Å²) in [6.07, 6.45) is 9.78. The van der Waals surface area contributed by atoms with Gasteiger partial charge < -0.3 is 5.32 Å². The van der Waals surface area contributed by atoms with E-state index in [-0.39, 0.29) is 11.9 Å². The van der Waals surface area contributed by atoms with Gasteiger partial charge in [0.05, 0.1) is 0 Å². The van der Waals surface area contributed by atoms with Crippen LogP contribution in [0.4, 0.5) is 0 Å². The summed E-state index contributed by atoms with van der Waals surface area (Å²) in [4.78, 5) is 12.4. The minimum atomic E-state index is -0.126. The molecular formula is C19H30N2O. The fourth-order valence-electron chi connectivity index (χ4n) is 3.88. The summed E-state index contributed by atoms with van der Waals surface area (Å²) in [5.41, 5.74) is 1.80. The highest BCUT2D eigenvalue weighted by molar-refractivity contribution is 5.98. The molecule has 3 heteroatoms. The number of carbonyl (C=O) groups is 1. The number of allylic oxidation sites excluding steroid dienone is 1. The minimum absolute atomic E-state index is 0.126. The van der Waals surface area contributed by atoms with Crippen LogP contribution in [0.25, 0.3) is 0 Å². The Morgan fingerprint density at radius 3 is 2.18 bits per heavy atom. The Morgan fingerprint density at radius 2 is 1.68 bits per heavy atom. The van der Waals surface area contributed by atoms with Gasteiger partial charge in [-0.05, 0) is 55.4 Å². The molecule has 2 aliphatic carbocycles. The third kappa shape index (κ3) is 4.35. The van der Waals surface area contributed by atoms with Gasteiger partial charge in [0, 0.05) is 6.04 Å². The van der Waals surface area contributed by atoms with Crippen LogP contribution < -0.4 is 5.32 Å². The smallest absolute Gasteiger partial charge is 0.262 e. The first-order valence-electron chi connectivity index (χ1n) is 8.85. The van der Waals surface area contributed by atoms with E-state index in [1.807, 2.05) is 0 Å². The summed E-state index contributed by atoms with van der Waals surface area (Å²) in [6, 6.07) is 2.46. The molecule has 0 aromatic heterocycles. The third-order valence-electron chi connectivity index (χ3n) is 5.45. The molecule has 0 unspecified atom stereocenters. The molecule has 2 fully saturated rings. The Morgan fingerprint density at radius 1 is 1.09 bits per heavy atom. The molecule has 0 spiro atoms. The van der Waals surface area contributed by atoms with Crippen molar-refractivity contribution < 1.29 is 4.79 Å². The Hall–Kier alpha value is -1.30. The Labute approximate surface area is 135 Å². The molecule has 0 aliphatic heterocycles. The van der Waals surface area contributed by atoms with Gasteiger partial charge in [0.2, 0.25) is 0 Å². The number of nitrogens with zero attached hydrogens (tertiary/aromatic N) is 1. The molecule has 0 radical (unpaired) electrons. The normalized spacial score (nSPS) is 23.7. The fourth-order valence-corrected chi connectivity index (χ4v) is 3.88. The quantitative estimate of drug-likeness (QED) is 0.603. The van der Waals surface area contributed by atoms with E-state index in [9.17, 15) is 10.1 Å². The van der Waals surface area contributed by atoms with Gasteiger partial charge in [-0.25, -0.2) is 0 Å². The number of nitrogens with one attached hydrogen (secondary N) is 1. The van der Waals surface area contributed by atoms with Crippen LogP contribution in [0.2, 0.25) is 0 Å². The van der Waals surface area contributed by atoms with E-state index in [4.69, 9.17) is 0 Å². The second-order valence-corrected chi connectivity index (χ2v) is 8.04. The molecule has 0 bridgehead atoms. The molecule has 0 heterocycles. The lowest BCUT2D eigenvalue weighted by Crippen LogP contribution is -2.37. The zero-order valence-electron chi connectivity index (χ0n) is 14.4. The van der Waals surface area contributed by atoms with Crippen molar-refractivity contribution in [3.8, 4) is 6.07 Å². The highest BCUT2D eigenvalue weighted by atomic mass is 16.1. The monoisotopic (exact) mass is 302 g/mol. The number of nitriles is 1. The lowest BCUT2D eigenvalue weighted by molar-refractivity contribution is -0.118. The maximum absolute atomic E-state index is 12.4. The molecule has 0 aromatic rings. The first-order chi connectivity index (χ1) is 10.4. The summed E-state index contributed by atoms with van der Waals surface area (Å²) in [5, 5.41) is 12.5. The van der Waals surface area contributed by atoms with Crippen LogP contribution >= 0.6 is 0 Å². The van der Waals surface area contributed by atoms with Gasteiger partial charge in [0.1, 0.15) is 11.6 Å². The van der Waals surface area contributed by atoms with E-state index in [2.05, 4.69) is 32.2 Å². The largest absolute Gasteiger partial charge is 0.349 e. The Kier molecular flexibility index (Phi) is 5.67. The van der Waals surface area contributed by atoms with Gasteiger partial charge in [-0.3, -0.25) is 4.79 Å². The molecule has 2 rings (SSSR count). The van der Waals surface area contributed by atoms with E-state index in [0.717, 1.165) is 44.1 Å². The van der Waals surface area contributed by atoms with Crippen LogP contribution in [0.5, 0.6) is 0 Å². The van der Waals surface area contributed by atoms with E-state index in [1.165, 1.54) is 19.3 Å². The van der Waals surface area contributed by atoms with E-state index >= 15 is 0 Å². The predicted octanol–water partition coefficient (Wildman–Crippen LogP) is 4.49. The molecule has 122 valence electrons. The van der Waals surface area contributed by atoms with Gasteiger partial charge in [0.25, 0.3) is 5.91 Å². The van der Waals surface area contributed by atoms with Crippen molar-refractivity contribution in [1.82, 2.24) is 5.32 Å². The van der Waals surface area contributed by atoms with Crippen LogP contribution in [0.1, 0.15) is 78.6 Å². The van der Waals surface area contributed by atoms with Crippen molar-refractivity contribution in [2.45, 2.75) is 84.6 Å². The molecular weight excluding hydrogens is 272 g/mol. The summed E-state index contributed by atoms with van der Waals surface area (Å²) in [6.45, 7) is 6.86. The molecule has 0 saturated heterocycles. The maximum Gasteiger partial charge on any atom is 0.262 e. The van der Waals surface area contributed by atoms with Crippen LogP contribution in [0.15, 0.2) is 11.1 Å². The number of hydrogen-bond acceptors (Lipinski definition) is 2. The molecule has 2 saturated carbocycles. The van der Waals surface area contributed by atoms with Crippen molar-refractivity contribution in [1.29, 1.82) is 5.26 Å². The number of hydrogen-bond donors (Lipinski definition) is 1. The number of rotatable bonds is 2. The average Bonchev–Trinajstić information content (AvgIpc) is 2.48. The van der Waals surface area contributed by atoms with Gasteiger partial charge in [-0.1, -0.05) is 40.0 Å². The summed E-state index contributed by atoms with van der Waals surface area (Å²) >= 11 is 0. The molecule has 1 N–H and O–H groups in total. The van der Waals surface area contributed by atoms with Crippen molar-refractivity contribution in [2.75, 3.05) is 0 Å². The maximum atomic E-state index is 12.4. The van der Waals surface area contributed by atoms with Crippen molar-refractivity contribution in [3.63, 3.8) is 0 Å². The Balaban J connectivity index is 1.98. The van der Waals surface area contributed by atoms with Crippen LogP contribution in [0, 0.1) is 22.7 Å². The first kappa shape index (κ1) is 17.1. The van der Waals surface area contributed by atoms with Gasteiger partial charge >= 0.3 is 0 Å². The molecule has 22 heavy (non-hydrogen) atoms. The fraction of sp³-hybridized carbons (Fsp3) is 0.789. The molecule has 2 aliphatic rings. The summed E-state index contributed by atoms with van der Waals surface area (Å²) < 4.78 is 0. The summed E-state index contributed by atoms with van der Waals surface area (Å²) in [7, 11) is 0. The van der Waals surface area contributed by atoms with E-state index in [0.29, 0.717) is 16.9 Å². The van der Waals surface area contributed by atoms with Crippen LogP contribution in [-0.2, 0) is 4.79 Å². The van der Waals surface area contributed by atoms with E-state index < -0.39 is 0 Å². The molecule has 0 aromatic carbocycles. The zero-order chi connectivity index (χ0) is 16.2. The predicted molar refractivity (Wildman–Crippen MR) is 89.1 cm³/mol. The standard InChI is InChI=1S/C19H30N2O/c1-19(2,3)15-11-9-14(10-12-15)17(13-20)18(22)21-16-7-5-4-6-8-16/h15-16H,4-12H2,1-3H3,(H,21,22). The van der Waals surface area contributed by atoms with Crippen LogP contribution in [-0.4, -0.2) is 11.9 Å². The topological polar surface area (TPSA) is 52.9 Å².